The van der Waals surface area contributed by atoms with Crippen molar-refractivity contribution in [3.05, 3.63) is 47.7 Å². The number of likely N-dealkylation sites (tertiary alicyclic amines) is 1. The summed E-state index contributed by atoms with van der Waals surface area (Å²) in [4.78, 5) is 34.6. The van der Waals surface area contributed by atoms with E-state index in [9.17, 15) is 9.59 Å². The molecule has 1 saturated heterocycles. The molecule has 2 fully saturated rings. The van der Waals surface area contributed by atoms with Crippen LogP contribution in [0.25, 0.3) is 10.9 Å². The molecule has 8 heteroatoms. The van der Waals surface area contributed by atoms with Crippen LogP contribution >= 0.6 is 24.0 Å². The Balaban J connectivity index is 0.00000245. The van der Waals surface area contributed by atoms with Gasteiger partial charge < -0.3 is 15.6 Å². The minimum absolute atomic E-state index is 0. The van der Waals surface area contributed by atoms with Gasteiger partial charge in [0, 0.05) is 43.8 Å². The number of nitrogens with zero attached hydrogens (tertiary/aromatic N) is 2. The second-order valence-corrected chi connectivity index (χ2v) is 8.82. The minimum Gasteiger partial charge on any atom is -0.361 e. The van der Waals surface area contributed by atoms with Crippen LogP contribution in [0.3, 0.4) is 0 Å². The molecule has 2 aliphatic carbocycles. The molecular weight excluding hydrogens is 517 g/mol. The van der Waals surface area contributed by atoms with Crippen LogP contribution in [0.2, 0.25) is 0 Å². The number of halogens is 1. The summed E-state index contributed by atoms with van der Waals surface area (Å²) in [6.45, 7) is 3.74. The molecule has 1 aromatic heterocycles. The van der Waals surface area contributed by atoms with E-state index in [2.05, 4.69) is 64.1 Å². The average Bonchev–Trinajstić information content (AvgIpc) is 3.53. The molecule has 0 radical (unpaired) electrons. The maximum absolute atomic E-state index is 12.8. The summed E-state index contributed by atoms with van der Waals surface area (Å²) in [5.41, 5.74) is 3.70. The van der Waals surface area contributed by atoms with E-state index in [1.54, 1.807) is 7.05 Å². The molecule has 3 aliphatic rings. The molecule has 7 nitrogen and oxygen atoms in total. The van der Waals surface area contributed by atoms with Crippen molar-refractivity contribution in [3.63, 3.8) is 0 Å². The Morgan fingerprint density at radius 1 is 1.12 bits per heavy atom. The summed E-state index contributed by atoms with van der Waals surface area (Å²) >= 11 is 0. The monoisotopic (exact) mass is 547 g/mol. The molecule has 170 valence electrons. The zero-order chi connectivity index (χ0) is 21.5. The lowest BCUT2D eigenvalue weighted by Gasteiger charge is -2.18. The number of carbonyl (C=O) groups is 2. The van der Waals surface area contributed by atoms with Crippen LogP contribution in [-0.4, -0.2) is 54.3 Å². The predicted octanol–water partition coefficient (Wildman–Crippen LogP) is 2.61. The Bertz CT molecular complexity index is 1060. The molecule has 2 heterocycles. The smallest absolute Gasteiger partial charge is 0.233 e. The van der Waals surface area contributed by atoms with Gasteiger partial charge in [-0.15, -0.1) is 24.0 Å². The fraction of sp³-hybridized carbons (Fsp3) is 0.458. The van der Waals surface area contributed by atoms with Crippen LogP contribution in [0.5, 0.6) is 0 Å². The van der Waals surface area contributed by atoms with Gasteiger partial charge in [0.2, 0.25) is 11.8 Å². The number of imide groups is 1. The zero-order valence-corrected chi connectivity index (χ0v) is 20.8. The van der Waals surface area contributed by atoms with E-state index in [4.69, 9.17) is 0 Å². The van der Waals surface area contributed by atoms with E-state index in [-0.39, 0.29) is 59.5 Å². The first kappa shape index (κ1) is 22.8. The van der Waals surface area contributed by atoms with Crippen LogP contribution in [0, 0.1) is 30.6 Å². The zero-order valence-electron chi connectivity index (χ0n) is 18.4. The Labute approximate surface area is 205 Å². The number of aryl methyl sites for hydroxylation is 1. The molecule has 2 bridgehead atoms. The summed E-state index contributed by atoms with van der Waals surface area (Å²) in [6, 6.07) is 6.28. The molecule has 4 atom stereocenters. The highest BCUT2D eigenvalue weighted by Gasteiger charge is 2.58. The van der Waals surface area contributed by atoms with Crippen molar-refractivity contribution in [1.82, 2.24) is 20.5 Å². The predicted molar refractivity (Wildman–Crippen MR) is 136 cm³/mol. The van der Waals surface area contributed by atoms with E-state index in [0.717, 1.165) is 24.9 Å². The quantitative estimate of drug-likeness (QED) is 0.171. The molecule has 1 saturated carbocycles. The molecule has 1 aromatic carbocycles. The number of hydrogen-bond donors (Lipinski definition) is 3. The lowest BCUT2D eigenvalue weighted by Crippen LogP contribution is -2.44. The largest absolute Gasteiger partial charge is 0.361 e. The molecule has 3 N–H and O–H groups in total. The maximum atomic E-state index is 12.8. The molecule has 1 aliphatic heterocycles. The van der Waals surface area contributed by atoms with Crippen LogP contribution in [0.1, 0.15) is 17.5 Å². The second-order valence-electron chi connectivity index (χ2n) is 8.82. The molecule has 2 amide bonds. The average molecular weight is 547 g/mol. The van der Waals surface area contributed by atoms with Crippen molar-refractivity contribution in [2.75, 3.05) is 26.7 Å². The van der Waals surface area contributed by atoms with Gasteiger partial charge in [0.1, 0.15) is 0 Å². The van der Waals surface area contributed by atoms with Crippen LogP contribution in [-0.2, 0) is 16.0 Å². The normalized spacial score (nSPS) is 26.1. The first-order chi connectivity index (χ1) is 15.1. The van der Waals surface area contributed by atoms with E-state index >= 15 is 0 Å². The highest BCUT2D eigenvalue weighted by molar-refractivity contribution is 14.0. The van der Waals surface area contributed by atoms with Crippen LogP contribution in [0.4, 0.5) is 0 Å². The Kier molecular flexibility index (Phi) is 6.60. The molecule has 2 aromatic rings. The van der Waals surface area contributed by atoms with Crippen molar-refractivity contribution in [1.29, 1.82) is 0 Å². The molecule has 0 spiro atoms. The van der Waals surface area contributed by atoms with Crippen molar-refractivity contribution >= 4 is 52.7 Å². The summed E-state index contributed by atoms with van der Waals surface area (Å²) in [6.07, 6.45) is 8.15. The van der Waals surface area contributed by atoms with Crippen LogP contribution < -0.4 is 10.6 Å². The number of H-pyrrole nitrogens is 1. The number of amides is 2. The van der Waals surface area contributed by atoms with E-state index in [1.165, 1.54) is 21.4 Å². The first-order valence-electron chi connectivity index (χ1n) is 11.1. The third-order valence-electron chi connectivity index (χ3n) is 7.10. The number of fused-ring (bicyclic) bond motifs is 6. The van der Waals surface area contributed by atoms with Crippen molar-refractivity contribution in [3.8, 4) is 0 Å². The highest BCUT2D eigenvalue weighted by Crippen LogP contribution is 2.52. The Hall–Kier alpha value is -2.36. The number of carbonyl (C=O) groups excluding carboxylic acids is 2. The molecule has 32 heavy (non-hydrogen) atoms. The van der Waals surface area contributed by atoms with E-state index in [1.807, 2.05) is 0 Å². The Morgan fingerprint density at radius 3 is 2.50 bits per heavy atom. The van der Waals surface area contributed by atoms with E-state index in [0.29, 0.717) is 19.0 Å². The number of hydrogen-bond acceptors (Lipinski definition) is 3. The van der Waals surface area contributed by atoms with Crippen LogP contribution in [0.15, 0.2) is 41.5 Å². The van der Waals surface area contributed by atoms with Gasteiger partial charge in [0.25, 0.3) is 0 Å². The lowest BCUT2D eigenvalue weighted by molar-refractivity contribution is -0.140. The summed E-state index contributed by atoms with van der Waals surface area (Å²) in [5, 5.41) is 7.85. The third-order valence-corrected chi connectivity index (χ3v) is 7.10. The van der Waals surface area contributed by atoms with Crippen molar-refractivity contribution in [2.24, 2.45) is 28.7 Å². The number of aromatic amines is 1. The number of benzene rings is 1. The molecule has 4 unspecified atom stereocenters. The van der Waals surface area contributed by atoms with Gasteiger partial charge >= 0.3 is 0 Å². The van der Waals surface area contributed by atoms with Gasteiger partial charge in [-0.25, -0.2) is 0 Å². The number of allylic oxidation sites excluding steroid dienone is 2. The third kappa shape index (κ3) is 3.82. The summed E-state index contributed by atoms with van der Waals surface area (Å²) in [7, 11) is 1.73. The van der Waals surface area contributed by atoms with Gasteiger partial charge in [-0.2, -0.15) is 0 Å². The van der Waals surface area contributed by atoms with Gasteiger partial charge in [-0.05, 0) is 48.8 Å². The fourth-order valence-corrected chi connectivity index (χ4v) is 5.66. The standard InChI is InChI=1S/C24H29N5O2.HI/c1-14-4-3-5-18-19(14)17(13-28-18)8-9-26-24(25-2)27-10-11-29-22(30)20-15-6-7-16(12-15)21(20)23(29)31;/h3-7,13,15-16,20-21,28H,8-12H2,1-2H3,(H2,25,26,27);1H. The molecule has 5 rings (SSSR count). The molecular formula is C24H30IN5O2. The number of nitrogens with one attached hydrogen (secondary N) is 3. The topological polar surface area (TPSA) is 89.6 Å². The minimum atomic E-state index is -0.125. The second kappa shape index (κ2) is 9.25. The lowest BCUT2D eigenvalue weighted by atomic mass is 9.85. The summed E-state index contributed by atoms with van der Waals surface area (Å²) < 4.78 is 0. The SMILES string of the molecule is CN=C(NCCc1c[nH]c2cccc(C)c12)NCCN1C(=O)C2C3C=CC(C3)C2C1=O.I. The van der Waals surface area contributed by atoms with Gasteiger partial charge in [-0.3, -0.25) is 19.5 Å². The van der Waals surface area contributed by atoms with Gasteiger partial charge in [0.05, 0.1) is 11.8 Å². The van der Waals surface area contributed by atoms with E-state index < -0.39 is 0 Å². The number of aromatic nitrogens is 1. The number of rotatable bonds is 6. The first-order valence-corrected chi connectivity index (χ1v) is 11.1. The Morgan fingerprint density at radius 2 is 1.81 bits per heavy atom. The maximum Gasteiger partial charge on any atom is 0.233 e. The highest BCUT2D eigenvalue weighted by atomic mass is 127. The van der Waals surface area contributed by atoms with Crippen molar-refractivity contribution in [2.45, 2.75) is 19.8 Å². The summed E-state index contributed by atoms with van der Waals surface area (Å²) in [5.74, 6) is 0.952. The fourth-order valence-electron chi connectivity index (χ4n) is 5.66. The van der Waals surface area contributed by atoms with Gasteiger partial charge in [-0.1, -0.05) is 24.3 Å². The number of guanidine groups is 1. The van der Waals surface area contributed by atoms with Crippen molar-refractivity contribution < 1.29 is 9.59 Å². The number of aliphatic imine (C=N–C) groups is 1. The van der Waals surface area contributed by atoms with Gasteiger partial charge in [0.15, 0.2) is 5.96 Å².